The fraction of sp³-hybridized carbons (Fsp3) is 0.208. The van der Waals surface area contributed by atoms with Crippen LogP contribution < -0.4 is 26.2 Å². The first-order chi connectivity index (χ1) is 53.2. The summed E-state index contributed by atoms with van der Waals surface area (Å²) < 4.78 is 5.08. The van der Waals surface area contributed by atoms with Crippen molar-refractivity contribution in [3.8, 4) is 67.0 Å². The van der Waals surface area contributed by atoms with E-state index in [0.717, 1.165) is 63.7 Å². The van der Waals surface area contributed by atoms with Crippen molar-refractivity contribution in [2.24, 2.45) is 0 Å². The van der Waals surface area contributed by atoms with E-state index in [1.165, 1.54) is 144 Å². The van der Waals surface area contributed by atoms with Crippen LogP contribution in [0, 0.1) is 0 Å². The third kappa shape index (κ3) is 11.0. The zero-order valence-electron chi connectivity index (χ0n) is 66.6. The lowest BCUT2D eigenvalue weighted by Crippen LogP contribution is -2.61. The molecule has 542 valence electrons. The SMILES string of the molecule is CC(C)(C)c1cc(-c2ccc3c(c2)B2c4ccc(-n5c6ccc(-c7ccccc7)cc6c6cc(-c7ccccc7)ccc65)cc4N(c4ccc(-c5ccc6c(c5)C(C)(C)CC6(C)C)cc4)c4cc(-n5c6ccccc6c6ccccc65)cc(c42)N3c2ccc(-c3ccc4c(c3)C(C)(C)CC4(C)C)cc2)cc(C(C)(C)C)c1. The van der Waals surface area contributed by atoms with Gasteiger partial charge in [0.15, 0.2) is 0 Å². The molecule has 14 aromatic carbocycles. The molecule has 0 bridgehead atoms. The molecule has 4 heterocycles. The van der Waals surface area contributed by atoms with Crippen LogP contribution in [-0.4, -0.2) is 15.8 Å². The molecule has 20 rings (SSSR count). The van der Waals surface area contributed by atoms with Crippen molar-refractivity contribution in [2.75, 3.05) is 9.80 Å². The van der Waals surface area contributed by atoms with Crippen LogP contribution in [0.15, 0.2) is 297 Å². The van der Waals surface area contributed by atoms with Gasteiger partial charge in [0.25, 0.3) is 6.71 Å². The lowest BCUT2D eigenvalue weighted by molar-refractivity contribution is 0.402. The molecular formula is C106H95BN4. The molecule has 0 spiro atoms. The molecule has 0 radical (unpaired) electrons. The number of nitrogens with zero attached hydrogens (tertiary/aromatic N) is 4. The fourth-order valence-corrected chi connectivity index (χ4v) is 20.7. The molecule has 4 nitrogen and oxygen atoms in total. The van der Waals surface area contributed by atoms with Crippen molar-refractivity contribution >= 4 is 101 Å². The fourth-order valence-electron chi connectivity index (χ4n) is 20.7. The van der Waals surface area contributed by atoms with Crippen LogP contribution in [-0.2, 0) is 32.5 Å². The molecule has 0 saturated carbocycles. The molecule has 16 aromatic rings. The summed E-state index contributed by atoms with van der Waals surface area (Å²) in [5.41, 5.74) is 38.3. The molecule has 4 aliphatic rings. The standard InChI is InChI=1S/C106H95BN4/c1-101(2,3)76-53-75(54-77(60-76)102(4,5)6)74-41-52-96-91(59-74)107-90-49-46-80(110-94-50-39-70(66-25-17-15-18-26-66)55-84(94)85-56-71(40-51-95(85)110)67-27-19-16-20-28-67)61-97(90)109(79-44-35-69(36-45-79)73-38-48-87-89(58-73)106(13,14)65-104(87,9)10)99-63-81(111-92-31-23-21-29-82(92)83-30-22-24-32-93(83)111)62-98(100(99)107)108(96)78-42-33-68(34-43-78)72-37-47-86-88(57-72)105(11,12)64-103(86,7)8/h15-63H,64-65H2,1-14H3. The van der Waals surface area contributed by atoms with Gasteiger partial charge in [-0.2, -0.15) is 0 Å². The Labute approximate surface area is 655 Å². The number of benzene rings is 14. The van der Waals surface area contributed by atoms with Gasteiger partial charge >= 0.3 is 0 Å². The lowest BCUT2D eigenvalue weighted by atomic mass is 9.33. The first-order valence-corrected chi connectivity index (χ1v) is 40.1. The first kappa shape index (κ1) is 68.6. The molecular weight excluding hydrogens is 1340 g/mol. The molecule has 0 unspecified atom stereocenters. The van der Waals surface area contributed by atoms with E-state index in [0.29, 0.717) is 0 Å². The Bertz CT molecular complexity index is 6340. The average molecular weight is 1440 g/mol. The quantitative estimate of drug-likeness (QED) is 0.134. The van der Waals surface area contributed by atoms with Crippen molar-refractivity contribution < 1.29 is 0 Å². The Morgan fingerprint density at radius 3 is 1.11 bits per heavy atom. The van der Waals surface area contributed by atoms with Gasteiger partial charge in [-0.25, -0.2) is 0 Å². The molecule has 2 aromatic heterocycles. The maximum absolute atomic E-state index is 2.65. The van der Waals surface area contributed by atoms with Gasteiger partial charge in [-0.3, -0.25) is 0 Å². The minimum absolute atomic E-state index is 0.0594. The second-order valence-corrected chi connectivity index (χ2v) is 37.2. The summed E-state index contributed by atoms with van der Waals surface area (Å²) in [6.07, 6.45) is 2.25. The van der Waals surface area contributed by atoms with Crippen LogP contribution in [0.3, 0.4) is 0 Å². The van der Waals surface area contributed by atoms with Crippen molar-refractivity contribution in [1.29, 1.82) is 0 Å². The van der Waals surface area contributed by atoms with Gasteiger partial charge in [-0.15, -0.1) is 0 Å². The summed E-state index contributed by atoms with van der Waals surface area (Å²) >= 11 is 0. The molecule has 0 fully saturated rings. The normalized spacial score (nSPS) is 15.6. The Kier molecular flexibility index (Phi) is 15.1. The largest absolute Gasteiger partial charge is 0.311 e. The summed E-state index contributed by atoms with van der Waals surface area (Å²) in [5, 5.41) is 4.88. The number of rotatable bonds is 9. The highest BCUT2D eigenvalue weighted by Crippen LogP contribution is 2.54. The molecule has 2 aliphatic carbocycles. The van der Waals surface area contributed by atoms with Gasteiger partial charge in [-0.1, -0.05) is 303 Å². The molecule has 0 amide bonds. The summed E-state index contributed by atoms with van der Waals surface area (Å²) in [6, 6.07) is 115. The molecule has 111 heavy (non-hydrogen) atoms. The highest BCUT2D eigenvalue weighted by Gasteiger charge is 2.47. The number of hydrogen-bond donors (Lipinski definition) is 0. The van der Waals surface area contributed by atoms with E-state index in [9.17, 15) is 0 Å². The van der Waals surface area contributed by atoms with Crippen LogP contribution in [0.4, 0.5) is 34.1 Å². The van der Waals surface area contributed by atoms with Crippen molar-refractivity contribution in [2.45, 2.75) is 142 Å². The van der Waals surface area contributed by atoms with Crippen molar-refractivity contribution in [3.05, 3.63) is 331 Å². The van der Waals surface area contributed by atoms with Gasteiger partial charge in [-0.05, 0) is 242 Å². The predicted molar refractivity (Wildman–Crippen MR) is 475 cm³/mol. The van der Waals surface area contributed by atoms with Crippen molar-refractivity contribution in [1.82, 2.24) is 9.13 Å². The predicted octanol–water partition coefficient (Wildman–Crippen LogP) is 26.8. The molecule has 0 saturated heterocycles. The van der Waals surface area contributed by atoms with Crippen molar-refractivity contribution in [3.63, 3.8) is 0 Å². The molecule has 0 N–H and O–H groups in total. The zero-order valence-corrected chi connectivity index (χ0v) is 66.6. The van der Waals surface area contributed by atoms with E-state index < -0.39 is 0 Å². The Hall–Kier alpha value is -11.7. The number of anilines is 6. The summed E-state index contributed by atoms with van der Waals surface area (Å²) in [7, 11) is 0. The van der Waals surface area contributed by atoms with Gasteiger partial charge in [0.05, 0.1) is 27.8 Å². The minimum Gasteiger partial charge on any atom is -0.311 e. The van der Waals surface area contributed by atoms with Gasteiger partial charge < -0.3 is 18.9 Å². The van der Waals surface area contributed by atoms with Crippen LogP contribution in [0.1, 0.15) is 143 Å². The van der Waals surface area contributed by atoms with Gasteiger partial charge in [0.2, 0.25) is 0 Å². The third-order valence-electron chi connectivity index (χ3n) is 25.8. The van der Waals surface area contributed by atoms with Gasteiger partial charge in [0, 0.05) is 61.4 Å². The van der Waals surface area contributed by atoms with E-state index >= 15 is 0 Å². The van der Waals surface area contributed by atoms with Crippen LogP contribution in [0.5, 0.6) is 0 Å². The molecule has 0 atom stereocenters. The number of hydrogen-bond acceptors (Lipinski definition) is 2. The highest BCUT2D eigenvalue weighted by molar-refractivity contribution is 7.00. The van der Waals surface area contributed by atoms with E-state index in [1.54, 1.807) is 0 Å². The highest BCUT2D eigenvalue weighted by atomic mass is 15.2. The van der Waals surface area contributed by atoms with Crippen LogP contribution in [0.25, 0.3) is 111 Å². The smallest absolute Gasteiger partial charge is 0.252 e. The second kappa shape index (κ2) is 24.4. The van der Waals surface area contributed by atoms with E-state index in [2.05, 4.69) is 413 Å². The molecule has 2 aliphatic heterocycles. The lowest BCUT2D eigenvalue weighted by Gasteiger charge is -2.44. The van der Waals surface area contributed by atoms with E-state index in [-0.39, 0.29) is 39.2 Å². The Morgan fingerprint density at radius 2 is 0.622 bits per heavy atom. The number of fused-ring (bicyclic) bond motifs is 12. The second-order valence-electron chi connectivity index (χ2n) is 37.2. The Balaban J connectivity index is 0.873. The number of para-hydroxylation sites is 2. The first-order valence-electron chi connectivity index (χ1n) is 40.1. The van der Waals surface area contributed by atoms with Gasteiger partial charge in [0.1, 0.15) is 0 Å². The number of aromatic nitrogens is 2. The maximum Gasteiger partial charge on any atom is 0.252 e. The maximum atomic E-state index is 2.65. The Morgan fingerprint density at radius 1 is 0.252 bits per heavy atom. The minimum atomic E-state index is -0.210. The summed E-state index contributed by atoms with van der Waals surface area (Å²) in [6.45, 7) is 33.3. The third-order valence-corrected chi connectivity index (χ3v) is 25.8. The average Bonchev–Trinajstić information content (AvgIpc) is 1.51. The molecule has 5 heteroatoms. The zero-order chi connectivity index (χ0) is 76.2. The summed E-state index contributed by atoms with van der Waals surface area (Å²) in [4.78, 5) is 5.27. The summed E-state index contributed by atoms with van der Waals surface area (Å²) in [5.74, 6) is 0. The monoisotopic (exact) mass is 1430 g/mol. The van der Waals surface area contributed by atoms with Crippen LogP contribution >= 0.6 is 0 Å². The topological polar surface area (TPSA) is 16.3 Å². The van der Waals surface area contributed by atoms with E-state index in [1.807, 2.05) is 0 Å². The van der Waals surface area contributed by atoms with Crippen LogP contribution in [0.2, 0.25) is 0 Å². The van der Waals surface area contributed by atoms with E-state index in [4.69, 9.17) is 0 Å².